The number of halogens is 3. The van der Waals surface area contributed by atoms with E-state index >= 15 is 0 Å². The highest BCUT2D eigenvalue weighted by Crippen LogP contribution is 2.45. The number of rotatable bonds is 3. The molecular weight excluding hydrogens is 299 g/mol. The van der Waals surface area contributed by atoms with Gasteiger partial charge in [-0.15, -0.1) is 0 Å². The fourth-order valence-corrected chi connectivity index (χ4v) is 1.87. The van der Waals surface area contributed by atoms with E-state index in [2.05, 4.69) is 15.8 Å². The number of aromatic nitrogens is 1. The number of alkyl halides is 3. The third-order valence-electron chi connectivity index (χ3n) is 2.89. The van der Waals surface area contributed by atoms with Crippen LogP contribution < -0.4 is 10.9 Å². The highest BCUT2D eigenvalue weighted by Gasteiger charge is 2.39. The van der Waals surface area contributed by atoms with Crippen molar-refractivity contribution >= 4 is 11.9 Å². The van der Waals surface area contributed by atoms with E-state index in [-0.39, 0.29) is 17.4 Å². The molecule has 1 aromatic rings. The van der Waals surface area contributed by atoms with Gasteiger partial charge in [-0.3, -0.25) is 5.43 Å². The molecule has 0 spiro atoms. The Balaban J connectivity index is 2.07. The lowest BCUT2D eigenvalue weighted by Crippen LogP contribution is -2.36. The SMILES string of the molecule is CC(C)(C)OC(=O)NNc1ccc(C(F)(F)F)c(C2CC2)n1. The maximum atomic E-state index is 12.9. The number of hydrogen-bond acceptors (Lipinski definition) is 4. The van der Waals surface area contributed by atoms with Crippen LogP contribution in [0.15, 0.2) is 12.1 Å². The lowest BCUT2D eigenvalue weighted by molar-refractivity contribution is -0.138. The number of anilines is 1. The van der Waals surface area contributed by atoms with Gasteiger partial charge in [-0.25, -0.2) is 15.2 Å². The van der Waals surface area contributed by atoms with Crippen molar-refractivity contribution in [2.24, 2.45) is 0 Å². The average molecular weight is 317 g/mol. The molecule has 0 atom stereocenters. The van der Waals surface area contributed by atoms with Crippen LogP contribution in [-0.4, -0.2) is 16.7 Å². The number of nitrogens with zero attached hydrogens (tertiary/aromatic N) is 1. The molecule has 2 rings (SSSR count). The highest BCUT2D eigenvalue weighted by molar-refractivity contribution is 5.69. The maximum absolute atomic E-state index is 12.9. The molecule has 1 aromatic heterocycles. The van der Waals surface area contributed by atoms with Gasteiger partial charge in [0.05, 0.1) is 11.3 Å². The Morgan fingerprint density at radius 1 is 1.27 bits per heavy atom. The van der Waals surface area contributed by atoms with Crippen molar-refractivity contribution in [1.29, 1.82) is 0 Å². The van der Waals surface area contributed by atoms with Gasteiger partial charge in [0, 0.05) is 5.92 Å². The molecule has 0 unspecified atom stereocenters. The Kier molecular flexibility index (Phi) is 4.21. The van der Waals surface area contributed by atoms with Crippen LogP contribution in [0, 0.1) is 0 Å². The topological polar surface area (TPSA) is 63.2 Å². The van der Waals surface area contributed by atoms with E-state index in [0.29, 0.717) is 12.8 Å². The molecule has 2 N–H and O–H groups in total. The fraction of sp³-hybridized carbons (Fsp3) is 0.571. The molecule has 1 heterocycles. The van der Waals surface area contributed by atoms with Crippen LogP contribution in [0.25, 0.3) is 0 Å². The summed E-state index contributed by atoms with van der Waals surface area (Å²) in [6, 6.07) is 2.14. The molecule has 1 aliphatic carbocycles. The van der Waals surface area contributed by atoms with Gasteiger partial charge in [0.2, 0.25) is 0 Å². The van der Waals surface area contributed by atoms with Crippen LogP contribution in [0.5, 0.6) is 0 Å². The summed E-state index contributed by atoms with van der Waals surface area (Å²) in [6.45, 7) is 5.11. The quantitative estimate of drug-likeness (QED) is 0.832. The number of carbonyl (C=O) groups excluding carboxylic acids is 1. The molecule has 1 fully saturated rings. The van der Waals surface area contributed by atoms with Gasteiger partial charge in [-0.05, 0) is 45.7 Å². The van der Waals surface area contributed by atoms with E-state index in [1.807, 2.05) is 0 Å². The molecule has 0 bridgehead atoms. The van der Waals surface area contributed by atoms with E-state index in [4.69, 9.17) is 4.74 Å². The second kappa shape index (κ2) is 5.66. The molecule has 0 aromatic carbocycles. The summed E-state index contributed by atoms with van der Waals surface area (Å²) in [5, 5.41) is 0. The molecular formula is C14H18F3N3O2. The van der Waals surface area contributed by atoms with Gasteiger partial charge in [-0.2, -0.15) is 13.2 Å². The second-order valence-electron chi connectivity index (χ2n) is 6.15. The van der Waals surface area contributed by atoms with Crippen molar-refractivity contribution in [1.82, 2.24) is 10.4 Å². The summed E-state index contributed by atoms with van der Waals surface area (Å²) >= 11 is 0. The van der Waals surface area contributed by atoms with E-state index in [1.54, 1.807) is 20.8 Å². The largest absolute Gasteiger partial charge is 0.443 e. The number of amides is 1. The number of carbonyl (C=O) groups is 1. The summed E-state index contributed by atoms with van der Waals surface area (Å²) in [6.07, 6.45) is -3.78. The van der Waals surface area contributed by atoms with Crippen molar-refractivity contribution in [3.05, 3.63) is 23.4 Å². The monoisotopic (exact) mass is 317 g/mol. The van der Waals surface area contributed by atoms with Gasteiger partial charge < -0.3 is 4.74 Å². The van der Waals surface area contributed by atoms with Gasteiger partial charge in [-0.1, -0.05) is 0 Å². The van der Waals surface area contributed by atoms with E-state index in [1.165, 1.54) is 6.07 Å². The Bertz CT molecular complexity index is 563. The summed E-state index contributed by atoms with van der Waals surface area (Å²) in [7, 11) is 0. The fourth-order valence-electron chi connectivity index (χ4n) is 1.87. The number of ether oxygens (including phenoxy) is 1. The zero-order chi connectivity index (χ0) is 16.5. The maximum Gasteiger partial charge on any atom is 0.426 e. The predicted octanol–water partition coefficient (Wildman–Crippen LogP) is 3.83. The molecule has 22 heavy (non-hydrogen) atoms. The Morgan fingerprint density at radius 3 is 2.41 bits per heavy atom. The molecule has 0 saturated heterocycles. The van der Waals surface area contributed by atoms with Gasteiger partial charge >= 0.3 is 12.3 Å². The first-order valence-corrected chi connectivity index (χ1v) is 6.89. The summed E-state index contributed by atoms with van der Waals surface area (Å²) in [5.41, 5.74) is 3.34. The van der Waals surface area contributed by atoms with Crippen molar-refractivity contribution in [2.45, 2.75) is 51.3 Å². The van der Waals surface area contributed by atoms with Gasteiger partial charge in [0.25, 0.3) is 0 Å². The lowest BCUT2D eigenvalue weighted by Gasteiger charge is -2.20. The highest BCUT2D eigenvalue weighted by atomic mass is 19.4. The Labute approximate surface area is 126 Å². The number of nitrogens with one attached hydrogen (secondary N) is 2. The minimum atomic E-state index is -4.43. The Hall–Kier alpha value is -1.99. The number of hydrogen-bond donors (Lipinski definition) is 2. The number of pyridine rings is 1. The molecule has 5 nitrogen and oxygen atoms in total. The van der Waals surface area contributed by atoms with E-state index < -0.39 is 23.4 Å². The molecule has 1 aliphatic rings. The molecule has 0 radical (unpaired) electrons. The summed E-state index contributed by atoms with van der Waals surface area (Å²) in [4.78, 5) is 15.5. The van der Waals surface area contributed by atoms with Crippen LogP contribution in [0.1, 0.15) is 50.8 Å². The lowest BCUT2D eigenvalue weighted by atomic mass is 10.1. The number of hydrazine groups is 1. The zero-order valence-corrected chi connectivity index (χ0v) is 12.5. The minimum absolute atomic E-state index is 0.0171. The van der Waals surface area contributed by atoms with Gasteiger partial charge in [0.1, 0.15) is 11.4 Å². The van der Waals surface area contributed by atoms with Crippen LogP contribution >= 0.6 is 0 Å². The third-order valence-corrected chi connectivity index (χ3v) is 2.89. The summed E-state index contributed by atoms with van der Waals surface area (Å²) < 4.78 is 43.8. The van der Waals surface area contributed by atoms with E-state index in [0.717, 1.165) is 6.07 Å². The van der Waals surface area contributed by atoms with Crippen LogP contribution in [0.4, 0.5) is 23.8 Å². The zero-order valence-electron chi connectivity index (χ0n) is 12.5. The summed E-state index contributed by atoms with van der Waals surface area (Å²) in [5.74, 6) is -0.0272. The first-order chi connectivity index (χ1) is 10.1. The van der Waals surface area contributed by atoms with Crippen LogP contribution in [-0.2, 0) is 10.9 Å². The first kappa shape index (κ1) is 16.4. The van der Waals surface area contributed by atoms with Crippen molar-refractivity contribution in [2.75, 3.05) is 5.43 Å². The third kappa shape index (κ3) is 4.51. The van der Waals surface area contributed by atoms with E-state index in [9.17, 15) is 18.0 Å². The smallest absolute Gasteiger partial charge is 0.426 e. The Morgan fingerprint density at radius 2 is 1.91 bits per heavy atom. The standard InChI is InChI=1S/C14H18F3N3O2/c1-13(2,3)22-12(21)20-19-10-7-6-9(14(15,16)17)11(18-10)8-4-5-8/h6-8H,4-5H2,1-3H3,(H,18,19)(H,20,21). The normalized spacial score (nSPS) is 15.4. The molecule has 0 aliphatic heterocycles. The van der Waals surface area contributed by atoms with Gasteiger partial charge in [0.15, 0.2) is 0 Å². The molecule has 1 saturated carbocycles. The van der Waals surface area contributed by atoms with Crippen molar-refractivity contribution in [3.8, 4) is 0 Å². The first-order valence-electron chi connectivity index (χ1n) is 6.89. The van der Waals surface area contributed by atoms with Crippen molar-refractivity contribution in [3.63, 3.8) is 0 Å². The predicted molar refractivity (Wildman–Crippen MR) is 74.2 cm³/mol. The average Bonchev–Trinajstić information content (AvgIpc) is 3.17. The second-order valence-corrected chi connectivity index (χ2v) is 6.15. The minimum Gasteiger partial charge on any atom is -0.443 e. The molecule has 8 heteroatoms. The van der Waals surface area contributed by atoms with Crippen molar-refractivity contribution < 1.29 is 22.7 Å². The van der Waals surface area contributed by atoms with Crippen LogP contribution in [0.3, 0.4) is 0 Å². The van der Waals surface area contributed by atoms with Crippen LogP contribution in [0.2, 0.25) is 0 Å². The molecule has 1 amide bonds. The molecule has 122 valence electrons.